The number of hydrogen-bond donors (Lipinski definition) is 19. The Balaban J connectivity index is 1.53. The van der Waals surface area contributed by atoms with Crippen molar-refractivity contribution in [1.82, 2.24) is 10.6 Å². The van der Waals surface area contributed by atoms with Gasteiger partial charge in [0.25, 0.3) is 5.79 Å². The van der Waals surface area contributed by atoms with Gasteiger partial charge >= 0.3 is 5.97 Å². The van der Waals surface area contributed by atoms with Gasteiger partial charge in [0.05, 0.1) is 45.2 Å². The molecule has 0 saturated carbocycles. The first-order valence-electron chi connectivity index (χ1n) is 21.2. The van der Waals surface area contributed by atoms with Crippen LogP contribution in [0.1, 0.15) is 20.3 Å². The van der Waals surface area contributed by atoms with Crippen LogP contribution in [0, 0.1) is 0 Å². The van der Waals surface area contributed by atoms with Gasteiger partial charge in [-0.25, -0.2) is 4.79 Å². The molecule has 5 fully saturated rings. The normalized spacial score (nSPS) is 46.6. The SMILES string of the molecule is CC(=O)N[C@H]1[C@H](O[C@H]2[C@@H](O)[C@@H](CO)O[C@@H](O[C@H]3[C@H](O)[C@@H](O)C(O)O[C@@H]3CO)[C@@H]2O)O[C@H](CO[C@]2(C(=O)O)C[C@H](O)[C@@H](NC(C)=O)[C@H]([C@H](O)[C@H](O)CO)O2)[C@@H](O)[C@@H]1O[C@@H]1O[C@H](CO)[C@H](O)[C@H](O)[C@H]1O. The Kier molecular flexibility index (Phi) is 19.7. The van der Waals surface area contributed by atoms with E-state index in [1.54, 1.807) is 0 Å². The van der Waals surface area contributed by atoms with E-state index >= 15 is 0 Å². The highest BCUT2D eigenvalue weighted by Gasteiger charge is 2.59. The summed E-state index contributed by atoms with van der Waals surface area (Å²) in [7, 11) is 0. The Labute approximate surface area is 384 Å². The van der Waals surface area contributed by atoms with Gasteiger partial charge in [-0.3, -0.25) is 9.59 Å². The second kappa shape index (κ2) is 23.8. The van der Waals surface area contributed by atoms with Crippen LogP contribution in [0.3, 0.4) is 0 Å². The van der Waals surface area contributed by atoms with Crippen LogP contribution in [0.15, 0.2) is 0 Å². The van der Waals surface area contributed by atoms with Crippen LogP contribution in [0.25, 0.3) is 0 Å². The molecule has 0 aromatic rings. The van der Waals surface area contributed by atoms with E-state index in [9.17, 15) is 101 Å². The summed E-state index contributed by atoms with van der Waals surface area (Å²) in [5, 5.41) is 184. The Morgan fingerprint density at radius 3 is 1.66 bits per heavy atom. The molecule has 5 heterocycles. The maximum Gasteiger partial charge on any atom is 0.364 e. The Morgan fingerprint density at radius 1 is 0.588 bits per heavy atom. The number of carboxylic acids is 1. The molecule has 2 amide bonds. The number of aliphatic hydroxyl groups excluding tert-OH is 16. The molecule has 5 rings (SSSR count). The first-order chi connectivity index (χ1) is 31.9. The fourth-order valence-corrected chi connectivity index (χ4v) is 8.42. The number of ether oxygens (including phenoxy) is 9. The lowest BCUT2D eigenvalue weighted by atomic mass is 9.88. The molecule has 0 bridgehead atoms. The average Bonchev–Trinajstić information content (AvgIpc) is 3.29. The molecule has 26 atom stereocenters. The minimum absolute atomic E-state index is 0.808. The largest absolute Gasteiger partial charge is 0.477 e. The van der Waals surface area contributed by atoms with Crippen molar-refractivity contribution in [3.8, 4) is 0 Å². The lowest BCUT2D eigenvalue weighted by molar-refractivity contribution is -0.382. The fourth-order valence-electron chi connectivity index (χ4n) is 8.42. The van der Waals surface area contributed by atoms with Crippen LogP contribution in [0.2, 0.25) is 0 Å². The third-order valence-electron chi connectivity index (χ3n) is 12.1. The van der Waals surface area contributed by atoms with Gasteiger partial charge in [-0.1, -0.05) is 0 Å². The molecule has 68 heavy (non-hydrogen) atoms. The van der Waals surface area contributed by atoms with Gasteiger partial charge in [0.2, 0.25) is 11.8 Å². The number of nitrogens with one attached hydrogen (secondary N) is 2. The second-order valence-electron chi connectivity index (χ2n) is 16.9. The smallest absolute Gasteiger partial charge is 0.364 e. The zero-order chi connectivity index (χ0) is 50.7. The summed E-state index contributed by atoms with van der Waals surface area (Å²) in [5.74, 6) is -6.81. The molecular formula is C37H62N2O29. The van der Waals surface area contributed by atoms with E-state index < -0.39 is 216 Å². The molecule has 31 nitrogen and oxygen atoms in total. The average molecular weight is 999 g/mol. The topological polar surface area (TPSA) is 502 Å². The van der Waals surface area contributed by atoms with E-state index in [-0.39, 0.29) is 0 Å². The van der Waals surface area contributed by atoms with E-state index in [4.69, 9.17) is 42.6 Å². The summed E-state index contributed by atoms with van der Waals surface area (Å²) in [6.07, 6.45) is -47.3. The standard InChI is InChI=1S/C37H62N2O29/c1-9(44)38-17-11(46)3-37(36(58)59,68-30(17)19(48)12(47)4-40)60-8-16-22(51)29(66-34-26(55)23(52)20(49)13(5-41)62-34)18(39-10(2)45)33(64-16)67-31-21(50)14(6-42)63-35(27(31)56)65-28-15(7-43)61-32(57)25(54)24(28)53/h11-35,40-43,46-57H,3-8H2,1-2H3,(H,38,44)(H,39,45)(H,58,59)/t11-,12+,13+,14+,15+,16+,17+,18+,19+,20-,21-,22+,23-,24+,25+,26+,27+,28+,29+,30+,31-,32?,33-,34-,35-,37+/m0/s1. The monoisotopic (exact) mass is 998 g/mol. The maximum absolute atomic E-state index is 13.0. The van der Waals surface area contributed by atoms with Crippen LogP contribution in [0.4, 0.5) is 0 Å². The first kappa shape index (κ1) is 56.3. The number of rotatable bonds is 18. The zero-order valence-corrected chi connectivity index (χ0v) is 36.2. The number of aliphatic carboxylic acids is 1. The van der Waals surface area contributed by atoms with Crippen molar-refractivity contribution in [2.24, 2.45) is 0 Å². The molecule has 0 radical (unpaired) electrons. The van der Waals surface area contributed by atoms with Gasteiger partial charge in [0, 0.05) is 20.3 Å². The van der Waals surface area contributed by atoms with Crippen molar-refractivity contribution in [2.45, 2.75) is 179 Å². The molecule has 5 aliphatic rings. The first-order valence-corrected chi connectivity index (χ1v) is 21.2. The van der Waals surface area contributed by atoms with Crippen molar-refractivity contribution in [3.63, 3.8) is 0 Å². The molecule has 0 aromatic carbocycles. The third-order valence-corrected chi connectivity index (χ3v) is 12.1. The van der Waals surface area contributed by atoms with Crippen molar-refractivity contribution >= 4 is 17.8 Å². The van der Waals surface area contributed by atoms with Crippen LogP contribution in [0.5, 0.6) is 0 Å². The van der Waals surface area contributed by atoms with Crippen LogP contribution >= 0.6 is 0 Å². The summed E-state index contributed by atoms with van der Waals surface area (Å²) in [6, 6.07) is -3.53. The predicted molar refractivity (Wildman–Crippen MR) is 207 cm³/mol. The highest BCUT2D eigenvalue weighted by molar-refractivity contribution is 5.76. The molecule has 31 heteroatoms. The summed E-state index contributed by atoms with van der Waals surface area (Å²) in [4.78, 5) is 37.8. The van der Waals surface area contributed by atoms with Crippen molar-refractivity contribution in [3.05, 3.63) is 0 Å². The Morgan fingerprint density at radius 2 is 1.10 bits per heavy atom. The van der Waals surface area contributed by atoms with Gasteiger partial charge < -0.3 is 140 Å². The molecular weight excluding hydrogens is 936 g/mol. The highest BCUT2D eigenvalue weighted by Crippen LogP contribution is 2.38. The molecule has 0 spiro atoms. The minimum atomic E-state index is -3.06. The molecule has 0 aromatic heterocycles. The Hall–Kier alpha value is -2.59. The highest BCUT2D eigenvalue weighted by atomic mass is 16.8. The van der Waals surface area contributed by atoms with Gasteiger partial charge in [0.15, 0.2) is 25.2 Å². The summed E-state index contributed by atoms with van der Waals surface area (Å²) < 4.78 is 50.9. The summed E-state index contributed by atoms with van der Waals surface area (Å²) >= 11 is 0. The van der Waals surface area contributed by atoms with Crippen molar-refractivity contribution < 1.29 is 144 Å². The number of amides is 2. The summed E-state index contributed by atoms with van der Waals surface area (Å²) in [6.45, 7) is -3.31. The number of carboxylic acid groups (broad SMARTS) is 1. The summed E-state index contributed by atoms with van der Waals surface area (Å²) in [5.41, 5.74) is 0. The lowest BCUT2D eigenvalue weighted by Gasteiger charge is -2.50. The zero-order valence-electron chi connectivity index (χ0n) is 36.2. The van der Waals surface area contributed by atoms with Crippen LogP contribution in [-0.2, 0) is 57.0 Å². The number of carbonyl (C=O) groups is 3. The lowest BCUT2D eigenvalue weighted by Crippen LogP contribution is -2.71. The number of hydrogen-bond acceptors (Lipinski definition) is 28. The van der Waals surface area contributed by atoms with Crippen molar-refractivity contribution in [2.75, 3.05) is 33.0 Å². The predicted octanol–water partition coefficient (Wildman–Crippen LogP) is -12.4. The second-order valence-corrected chi connectivity index (χ2v) is 16.9. The van der Waals surface area contributed by atoms with E-state index in [0.717, 1.165) is 13.8 Å². The molecule has 394 valence electrons. The Bertz CT molecular complexity index is 1650. The van der Waals surface area contributed by atoms with E-state index in [0.29, 0.717) is 0 Å². The third kappa shape index (κ3) is 12.0. The molecule has 0 aliphatic carbocycles. The van der Waals surface area contributed by atoms with Crippen molar-refractivity contribution in [1.29, 1.82) is 0 Å². The van der Waals surface area contributed by atoms with Gasteiger partial charge in [-0.15, -0.1) is 0 Å². The quantitative estimate of drug-likeness (QED) is 0.0606. The fraction of sp³-hybridized carbons (Fsp3) is 0.919. The van der Waals surface area contributed by atoms with Gasteiger partial charge in [0.1, 0.15) is 116 Å². The number of aliphatic hydroxyl groups is 16. The van der Waals surface area contributed by atoms with Crippen LogP contribution in [-0.4, -0.2) is 297 Å². The minimum Gasteiger partial charge on any atom is -0.477 e. The van der Waals surface area contributed by atoms with E-state index in [1.165, 1.54) is 0 Å². The molecule has 19 N–H and O–H groups in total. The molecule has 5 saturated heterocycles. The van der Waals surface area contributed by atoms with Gasteiger partial charge in [-0.05, 0) is 0 Å². The molecule has 1 unspecified atom stereocenters. The van der Waals surface area contributed by atoms with Gasteiger partial charge in [-0.2, -0.15) is 0 Å². The number of carbonyl (C=O) groups excluding carboxylic acids is 2. The van der Waals surface area contributed by atoms with Crippen LogP contribution < -0.4 is 10.6 Å². The maximum atomic E-state index is 13.0. The van der Waals surface area contributed by atoms with E-state index in [1.807, 2.05) is 0 Å². The molecule has 5 aliphatic heterocycles. The van der Waals surface area contributed by atoms with E-state index in [2.05, 4.69) is 10.6 Å².